The fraction of sp³-hybridized carbons (Fsp3) is 0.409. The second kappa shape index (κ2) is 21.2. The Morgan fingerprint density at radius 3 is 0.786 bits per heavy atom. The Morgan fingerprint density at radius 1 is 0.314 bits per heavy atom. The van der Waals surface area contributed by atoms with Gasteiger partial charge in [-0.3, -0.25) is 15.0 Å². The van der Waals surface area contributed by atoms with Crippen LogP contribution in [-0.2, 0) is 19.3 Å². The highest BCUT2D eigenvalue weighted by Crippen LogP contribution is 2.42. The summed E-state index contributed by atoms with van der Waals surface area (Å²) >= 11 is 0. The van der Waals surface area contributed by atoms with Gasteiger partial charge in [0.25, 0.3) is 0 Å². The number of rotatable bonds is 12. The molecule has 3 aliphatic carbocycles. The molecule has 0 heterocycles. The highest BCUT2D eigenvalue weighted by molar-refractivity contribution is 7.79. The molecular formula is C66H78N3P. The molecule has 0 aliphatic heterocycles. The molecule has 0 aromatic heterocycles. The first-order valence-corrected chi connectivity index (χ1v) is 28.3. The summed E-state index contributed by atoms with van der Waals surface area (Å²) in [4.78, 5) is 17.2. The van der Waals surface area contributed by atoms with Gasteiger partial charge in [-0.25, -0.2) is 0 Å². The maximum atomic E-state index is 5.73. The van der Waals surface area contributed by atoms with Crippen LogP contribution < -0.4 is 15.9 Å². The van der Waals surface area contributed by atoms with Gasteiger partial charge in [0, 0.05) is 17.1 Å². The van der Waals surface area contributed by atoms with Crippen molar-refractivity contribution in [3.63, 3.8) is 0 Å². The molecule has 3 aliphatic rings. The normalized spacial score (nSPS) is 17.1. The second-order valence-electron chi connectivity index (χ2n) is 22.4. The molecule has 70 heavy (non-hydrogen) atoms. The number of hydrogen-bond donors (Lipinski definition) is 0. The van der Waals surface area contributed by atoms with E-state index >= 15 is 0 Å². The molecule has 0 amide bonds. The summed E-state index contributed by atoms with van der Waals surface area (Å²) in [5, 5.41) is 4.15. The minimum atomic E-state index is -0.991. The largest absolute Gasteiger partial charge is 0.252 e. The summed E-state index contributed by atoms with van der Waals surface area (Å²) in [7, 11) is -0.991. The first-order valence-electron chi connectivity index (χ1n) is 27.0. The van der Waals surface area contributed by atoms with E-state index in [1.54, 1.807) is 0 Å². The van der Waals surface area contributed by atoms with Crippen LogP contribution in [0.3, 0.4) is 0 Å². The zero-order valence-electron chi connectivity index (χ0n) is 44.5. The van der Waals surface area contributed by atoms with E-state index in [0.717, 1.165) is 57.8 Å². The van der Waals surface area contributed by atoms with Crippen molar-refractivity contribution < 1.29 is 0 Å². The number of aryl methyl sites for hydroxylation is 3. The number of benzene rings is 6. The van der Waals surface area contributed by atoms with Gasteiger partial charge < -0.3 is 0 Å². The Bertz CT molecular complexity index is 2590. The van der Waals surface area contributed by atoms with Crippen LogP contribution in [0.4, 0.5) is 17.1 Å². The maximum Gasteiger partial charge on any atom is 0.0702 e. The molecule has 0 saturated carbocycles. The molecular weight excluding hydrogens is 866 g/mol. The molecule has 6 aromatic carbocycles. The van der Waals surface area contributed by atoms with Gasteiger partial charge >= 0.3 is 0 Å². The molecule has 0 fully saturated rings. The molecule has 0 spiro atoms. The third-order valence-corrected chi connectivity index (χ3v) is 17.7. The average Bonchev–Trinajstić information content (AvgIpc) is 3.34. The SMILES string of the molecule is CC(C)c1cccc(C(C)C)c1N=C1CCCc2ccc(P(c3ccc4c(c3)C(=Nc3c(C(C)C)cccc3C(C)C)CCC4)c3ccc4c(c3)C(=Nc3c(C(C)C)cccc3C(C)C)CCC4)cc21. The van der Waals surface area contributed by atoms with Gasteiger partial charge in [-0.15, -0.1) is 0 Å². The van der Waals surface area contributed by atoms with Crippen LogP contribution in [0.25, 0.3) is 0 Å². The van der Waals surface area contributed by atoms with Gasteiger partial charge in [0.15, 0.2) is 0 Å². The number of para-hydroxylation sites is 3. The van der Waals surface area contributed by atoms with Crippen LogP contribution >= 0.6 is 7.92 Å². The predicted molar refractivity (Wildman–Crippen MR) is 306 cm³/mol. The van der Waals surface area contributed by atoms with Crippen molar-refractivity contribution in [1.29, 1.82) is 0 Å². The van der Waals surface area contributed by atoms with Crippen LogP contribution in [0.15, 0.2) is 124 Å². The number of nitrogens with zero attached hydrogens (tertiary/aromatic N) is 3. The Hall–Kier alpha value is -5.24. The highest BCUT2D eigenvalue weighted by atomic mass is 31.1. The quantitative estimate of drug-likeness (QED) is 0.110. The van der Waals surface area contributed by atoms with Crippen molar-refractivity contribution in [2.24, 2.45) is 15.0 Å². The van der Waals surface area contributed by atoms with E-state index in [9.17, 15) is 0 Å². The summed E-state index contributed by atoms with van der Waals surface area (Å²) in [6.45, 7) is 27.7. The fourth-order valence-electron chi connectivity index (χ4n) is 11.4. The Kier molecular flexibility index (Phi) is 15.1. The van der Waals surface area contributed by atoms with Crippen LogP contribution in [0.2, 0.25) is 0 Å². The molecule has 0 atom stereocenters. The molecule has 0 radical (unpaired) electrons. The van der Waals surface area contributed by atoms with E-state index < -0.39 is 7.92 Å². The Morgan fingerprint density at radius 2 is 0.557 bits per heavy atom. The second-order valence-corrected chi connectivity index (χ2v) is 24.6. The first kappa shape index (κ1) is 49.7. The predicted octanol–water partition coefficient (Wildman–Crippen LogP) is 17.6. The number of aliphatic imine (C=N–C) groups is 3. The van der Waals surface area contributed by atoms with Crippen LogP contribution in [0, 0.1) is 0 Å². The summed E-state index contributed by atoms with van der Waals surface area (Å²) in [6, 6.07) is 43.0. The van der Waals surface area contributed by atoms with Gasteiger partial charge in [-0.2, -0.15) is 0 Å². The van der Waals surface area contributed by atoms with E-state index in [0.29, 0.717) is 35.5 Å². The molecule has 0 N–H and O–H groups in total. The summed E-state index contributed by atoms with van der Waals surface area (Å²) in [5.74, 6) is 2.34. The summed E-state index contributed by atoms with van der Waals surface area (Å²) in [6.07, 6.45) is 9.58. The molecule has 362 valence electrons. The van der Waals surface area contributed by atoms with Gasteiger partial charge in [0.2, 0.25) is 0 Å². The van der Waals surface area contributed by atoms with Crippen molar-refractivity contribution in [3.8, 4) is 0 Å². The van der Waals surface area contributed by atoms with Crippen molar-refractivity contribution >= 4 is 58.0 Å². The maximum absolute atomic E-state index is 5.73. The Balaban J connectivity index is 1.25. The Labute approximate surface area is 423 Å². The van der Waals surface area contributed by atoms with Crippen molar-refractivity contribution in [3.05, 3.63) is 176 Å². The summed E-state index contributed by atoms with van der Waals surface area (Å²) < 4.78 is 0. The molecule has 0 saturated heterocycles. The van der Waals surface area contributed by atoms with E-state index in [-0.39, 0.29) is 0 Å². The van der Waals surface area contributed by atoms with E-state index in [4.69, 9.17) is 15.0 Å². The third kappa shape index (κ3) is 10.1. The van der Waals surface area contributed by atoms with Gasteiger partial charge in [0.1, 0.15) is 0 Å². The van der Waals surface area contributed by atoms with Crippen molar-refractivity contribution in [2.75, 3.05) is 0 Å². The number of fused-ring (bicyclic) bond motifs is 3. The van der Waals surface area contributed by atoms with E-state index in [1.165, 1.54) is 117 Å². The summed E-state index contributed by atoms with van der Waals surface area (Å²) in [5.41, 5.74) is 23.6. The minimum absolute atomic E-state index is 0.391. The third-order valence-electron chi connectivity index (χ3n) is 15.3. The smallest absolute Gasteiger partial charge is 0.0702 e. The van der Waals surface area contributed by atoms with Crippen molar-refractivity contribution in [2.45, 2.75) is 176 Å². The van der Waals surface area contributed by atoms with Gasteiger partial charge in [-0.05, 0) is 202 Å². The van der Waals surface area contributed by atoms with Gasteiger partial charge in [0.05, 0.1) is 17.1 Å². The molecule has 6 aromatic rings. The minimum Gasteiger partial charge on any atom is -0.252 e. The lowest BCUT2D eigenvalue weighted by Gasteiger charge is -2.28. The molecule has 9 rings (SSSR count). The van der Waals surface area contributed by atoms with Crippen LogP contribution in [0.5, 0.6) is 0 Å². The average molecular weight is 944 g/mol. The standard InChI is InChI=1S/C66H78N3P/c1-40(2)52-22-16-23-53(41(3)4)64(52)67-61-28-13-19-46-31-34-49(37-58(46)61)70(50-35-32-47-20-14-29-62(59(47)38-50)68-65-54(42(5)6)24-17-25-55(65)43(7)8)51-36-33-48-21-15-30-63(60(48)39-51)69-66-56(44(9)10)26-18-27-57(66)45(11)12/h16-18,22-27,31-45H,13-15,19-21,28-30H2,1-12H3. The lowest BCUT2D eigenvalue weighted by molar-refractivity contribution is 0.825. The monoisotopic (exact) mass is 944 g/mol. The van der Waals surface area contributed by atoms with E-state index in [1.807, 2.05) is 0 Å². The zero-order valence-corrected chi connectivity index (χ0v) is 45.4. The van der Waals surface area contributed by atoms with Crippen molar-refractivity contribution in [1.82, 2.24) is 0 Å². The van der Waals surface area contributed by atoms with Gasteiger partial charge in [-0.1, -0.05) is 174 Å². The first-order chi connectivity index (χ1) is 33.7. The molecule has 0 bridgehead atoms. The lowest BCUT2D eigenvalue weighted by atomic mass is 9.88. The number of hydrogen-bond acceptors (Lipinski definition) is 3. The zero-order chi connectivity index (χ0) is 49.4. The van der Waals surface area contributed by atoms with E-state index in [2.05, 4.69) is 192 Å². The molecule has 0 unspecified atom stereocenters. The molecule has 3 nitrogen and oxygen atoms in total. The van der Waals surface area contributed by atoms with Crippen LogP contribution in [-0.4, -0.2) is 17.1 Å². The topological polar surface area (TPSA) is 37.1 Å². The fourth-order valence-corrected chi connectivity index (χ4v) is 13.8. The van der Waals surface area contributed by atoms with Crippen LogP contribution in [0.1, 0.15) is 224 Å². The highest BCUT2D eigenvalue weighted by Gasteiger charge is 2.28. The molecule has 4 heteroatoms. The lowest BCUT2D eigenvalue weighted by Crippen LogP contribution is -2.26.